The smallest absolute Gasteiger partial charge is 0.221 e. The van der Waals surface area contributed by atoms with Crippen molar-refractivity contribution in [2.45, 2.75) is 52.0 Å². The fraction of sp³-hybridized carbons (Fsp3) is 0.917. The molecule has 1 aliphatic rings. The summed E-state index contributed by atoms with van der Waals surface area (Å²) in [5.41, 5.74) is 0. The molecular formula is C12H24N2O. The Morgan fingerprint density at radius 1 is 1.40 bits per heavy atom. The molecule has 2 unspecified atom stereocenters. The van der Waals surface area contributed by atoms with Gasteiger partial charge in [0.15, 0.2) is 0 Å². The number of nitrogens with one attached hydrogen (secondary N) is 2. The van der Waals surface area contributed by atoms with E-state index in [0.717, 1.165) is 19.0 Å². The summed E-state index contributed by atoms with van der Waals surface area (Å²) in [7, 11) is 0. The van der Waals surface area contributed by atoms with Crippen LogP contribution in [-0.4, -0.2) is 25.0 Å². The Kier molecular flexibility index (Phi) is 5.69. The van der Waals surface area contributed by atoms with E-state index in [9.17, 15) is 4.79 Å². The first-order chi connectivity index (χ1) is 7.22. The van der Waals surface area contributed by atoms with E-state index in [-0.39, 0.29) is 5.91 Å². The minimum absolute atomic E-state index is 0.161. The highest BCUT2D eigenvalue weighted by Crippen LogP contribution is 2.23. The van der Waals surface area contributed by atoms with Gasteiger partial charge in [-0.05, 0) is 25.7 Å². The SMILES string of the molecule is CCNC(=O)CCNC1CCCC(C)C1. The monoisotopic (exact) mass is 212 g/mol. The molecule has 0 aromatic heterocycles. The lowest BCUT2D eigenvalue weighted by atomic mass is 9.87. The Bertz CT molecular complexity index is 194. The summed E-state index contributed by atoms with van der Waals surface area (Å²) < 4.78 is 0. The molecule has 0 saturated heterocycles. The van der Waals surface area contributed by atoms with Crippen LogP contribution in [0.4, 0.5) is 0 Å². The third-order valence-corrected chi connectivity index (χ3v) is 3.10. The molecule has 0 aliphatic heterocycles. The predicted octanol–water partition coefficient (Wildman–Crippen LogP) is 1.68. The van der Waals surface area contributed by atoms with E-state index in [1.54, 1.807) is 0 Å². The summed E-state index contributed by atoms with van der Waals surface area (Å²) in [6, 6.07) is 0.642. The Morgan fingerprint density at radius 2 is 2.20 bits per heavy atom. The van der Waals surface area contributed by atoms with Crippen LogP contribution < -0.4 is 10.6 Å². The second-order valence-electron chi connectivity index (χ2n) is 4.63. The van der Waals surface area contributed by atoms with Crippen molar-refractivity contribution >= 4 is 5.91 Å². The van der Waals surface area contributed by atoms with Gasteiger partial charge in [0.25, 0.3) is 0 Å². The molecule has 0 radical (unpaired) electrons. The zero-order valence-corrected chi connectivity index (χ0v) is 10.0. The molecule has 1 rings (SSSR count). The summed E-state index contributed by atoms with van der Waals surface area (Å²) in [5, 5.41) is 6.29. The molecule has 2 atom stereocenters. The van der Waals surface area contributed by atoms with Crippen molar-refractivity contribution in [1.29, 1.82) is 0 Å². The van der Waals surface area contributed by atoms with Crippen LogP contribution in [0.2, 0.25) is 0 Å². The fourth-order valence-electron chi connectivity index (χ4n) is 2.29. The standard InChI is InChI=1S/C12H24N2O/c1-3-13-12(15)7-8-14-11-6-4-5-10(2)9-11/h10-11,14H,3-9H2,1-2H3,(H,13,15). The molecule has 0 aromatic rings. The highest BCUT2D eigenvalue weighted by atomic mass is 16.1. The van der Waals surface area contributed by atoms with Crippen LogP contribution in [0, 0.1) is 5.92 Å². The van der Waals surface area contributed by atoms with Gasteiger partial charge in [-0.25, -0.2) is 0 Å². The van der Waals surface area contributed by atoms with Crippen LogP contribution in [-0.2, 0) is 4.79 Å². The summed E-state index contributed by atoms with van der Waals surface area (Å²) >= 11 is 0. The molecule has 1 fully saturated rings. The van der Waals surface area contributed by atoms with E-state index >= 15 is 0 Å². The first kappa shape index (κ1) is 12.5. The molecule has 2 N–H and O–H groups in total. The zero-order valence-electron chi connectivity index (χ0n) is 10.0. The maximum absolute atomic E-state index is 11.2. The number of hydrogen-bond acceptors (Lipinski definition) is 2. The normalized spacial score (nSPS) is 26.3. The maximum Gasteiger partial charge on any atom is 0.221 e. The van der Waals surface area contributed by atoms with Gasteiger partial charge >= 0.3 is 0 Å². The summed E-state index contributed by atoms with van der Waals surface area (Å²) in [5.74, 6) is 1.01. The molecule has 88 valence electrons. The molecule has 15 heavy (non-hydrogen) atoms. The van der Waals surface area contributed by atoms with Crippen LogP contribution in [0.5, 0.6) is 0 Å². The van der Waals surface area contributed by atoms with Gasteiger partial charge in [-0.2, -0.15) is 0 Å². The first-order valence-corrected chi connectivity index (χ1v) is 6.22. The van der Waals surface area contributed by atoms with Gasteiger partial charge in [0.2, 0.25) is 5.91 Å². The average molecular weight is 212 g/mol. The first-order valence-electron chi connectivity index (χ1n) is 6.22. The molecule has 0 heterocycles. The minimum Gasteiger partial charge on any atom is -0.356 e. The summed E-state index contributed by atoms with van der Waals surface area (Å²) in [6.07, 6.45) is 5.86. The van der Waals surface area contributed by atoms with Gasteiger partial charge in [-0.15, -0.1) is 0 Å². The van der Waals surface area contributed by atoms with Crippen molar-refractivity contribution in [3.8, 4) is 0 Å². The molecular weight excluding hydrogens is 188 g/mol. The lowest BCUT2D eigenvalue weighted by Crippen LogP contribution is -2.36. The second kappa shape index (κ2) is 6.83. The highest BCUT2D eigenvalue weighted by Gasteiger charge is 2.17. The number of carbonyl (C=O) groups is 1. The Morgan fingerprint density at radius 3 is 2.87 bits per heavy atom. The van der Waals surface area contributed by atoms with Crippen LogP contribution in [0.25, 0.3) is 0 Å². The van der Waals surface area contributed by atoms with Gasteiger partial charge in [0.1, 0.15) is 0 Å². The van der Waals surface area contributed by atoms with Gasteiger partial charge in [0, 0.05) is 25.6 Å². The van der Waals surface area contributed by atoms with Crippen molar-refractivity contribution in [2.24, 2.45) is 5.92 Å². The molecule has 1 amide bonds. The molecule has 0 bridgehead atoms. The molecule has 0 spiro atoms. The lowest BCUT2D eigenvalue weighted by molar-refractivity contribution is -0.120. The fourth-order valence-corrected chi connectivity index (χ4v) is 2.29. The van der Waals surface area contributed by atoms with Crippen molar-refractivity contribution in [1.82, 2.24) is 10.6 Å². The van der Waals surface area contributed by atoms with E-state index in [2.05, 4.69) is 17.6 Å². The van der Waals surface area contributed by atoms with Crippen molar-refractivity contribution in [2.75, 3.05) is 13.1 Å². The average Bonchev–Trinajstić information content (AvgIpc) is 2.18. The van der Waals surface area contributed by atoms with Gasteiger partial charge in [-0.1, -0.05) is 19.8 Å². The van der Waals surface area contributed by atoms with E-state index in [1.807, 2.05) is 6.92 Å². The maximum atomic E-state index is 11.2. The molecule has 3 heteroatoms. The topological polar surface area (TPSA) is 41.1 Å². The Balaban J connectivity index is 2.06. The van der Waals surface area contributed by atoms with E-state index in [4.69, 9.17) is 0 Å². The predicted molar refractivity (Wildman–Crippen MR) is 62.7 cm³/mol. The van der Waals surface area contributed by atoms with Gasteiger partial charge < -0.3 is 10.6 Å². The molecule has 1 aliphatic carbocycles. The van der Waals surface area contributed by atoms with E-state index < -0.39 is 0 Å². The molecule has 0 aromatic carbocycles. The largest absolute Gasteiger partial charge is 0.356 e. The van der Waals surface area contributed by atoms with E-state index in [0.29, 0.717) is 12.5 Å². The summed E-state index contributed by atoms with van der Waals surface area (Å²) in [6.45, 7) is 5.83. The second-order valence-corrected chi connectivity index (χ2v) is 4.63. The van der Waals surface area contributed by atoms with Crippen LogP contribution in [0.15, 0.2) is 0 Å². The van der Waals surface area contributed by atoms with Crippen molar-refractivity contribution in [3.63, 3.8) is 0 Å². The molecule has 1 saturated carbocycles. The third-order valence-electron chi connectivity index (χ3n) is 3.10. The lowest BCUT2D eigenvalue weighted by Gasteiger charge is -2.27. The van der Waals surface area contributed by atoms with Crippen LogP contribution in [0.3, 0.4) is 0 Å². The highest BCUT2D eigenvalue weighted by molar-refractivity contribution is 5.75. The van der Waals surface area contributed by atoms with Crippen molar-refractivity contribution in [3.05, 3.63) is 0 Å². The van der Waals surface area contributed by atoms with E-state index in [1.165, 1.54) is 25.7 Å². The summed E-state index contributed by atoms with van der Waals surface area (Å²) in [4.78, 5) is 11.2. The van der Waals surface area contributed by atoms with Crippen LogP contribution in [0.1, 0.15) is 46.0 Å². The van der Waals surface area contributed by atoms with Crippen LogP contribution >= 0.6 is 0 Å². The Hall–Kier alpha value is -0.570. The number of hydrogen-bond donors (Lipinski definition) is 2. The Labute approximate surface area is 93.0 Å². The number of amides is 1. The third kappa shape index (κ3) is 5.17. The minimum atomic E-state index is 0.161. The number of carbonyl (C=O) groups excluding carboxylic acids is 1. The zero-order chi connectivity index (χ0) is 11.1. The van der Waals surface area contributed by atoms with Crippen molar-refractivity contribution < 1.29 is 4.79 Å². The van der Waals surface area contributed by atoms with Gasteiger partial charge in [0.05, 0.1) is 0 Å². The quantitative estimate of drug-likeness (QED) is 0.728. The van der Waals surface area contributed by atoms with Gasteiger partial charge in [-0.3, -0.25) is 4.79 Å². The molecule has 3 nitrogen and oxygen atoms in total. The number of rotatable bonds is 5.